The molecule has 1 aliphatic heterocycles. The van der Waals surface area contributed by atoms with Crippen LogP contribution in [-0.2, 0) is 9.53 Å². The lowest BCUT2D eigenvalue weighted by atomic mass is 10.1. The molecule has 0 saturated carbocycles. The van der Waals surface area contributed by atoms with E-state index in [0.717, 1.165) is 12.8 Å². The summed E-state index contributed by atoms with van der Waals surface area (Å²) in [7, 11) is 1.45. The van der Waals surface area contributed by atoms with Crippen LogP contribution in [0.15, 0.2) is 0 Å². The van der Waals surface area contributed by atoms with Gasteiger partial charge in [-0.15, -0.1) is 0 Å². The van der Waals surface area contributed by atoms with Gasteiger partial charge in [-0.3, -0.25) is 4.79 Å². The van der Waals surface area contributed by atoms with Gasteiger partial charge in [0.25, 0.3) is 0 Å². The van der Waals surface area contributed by atoms with E-state index in [0.29, 0.717) is 12.5 Å². The van der Waals surface area contributed by atoms with Crippen molar-refractivity contribution in [3.63, 3.8) is 0 Å². The number of nitrogens with one attached hydrogen (secondary N) is 1. The summed E-state index contributed by atoms with van der Waals surface area (Å²) in [6.45, 7) is 1.17. The highest BCUT2D eigenvalue weighted by Crippen LogP contribution is 2.12. The summed E-state index contributed by atoms with van der Waals surface area (Å²) in [5.41, 5.74) is 0. The van der Waals surface area contributed by atoms with Crippen LogP contribution in [0.1, 0.15) is 38.5 Å². The van der Waals surface area contributed by atoms with Gasteiger partial charge in [0.15, 0.2) is 0 Å². The first-order chi connectivity index (χ1) is 6.33. The van der Waals surface area contributed by atoms with E-state index in [1.807, 2.05) is 0 Å². The fraction of sp³-hybridized carbons (Fsp3) is 0.900. The van der Waals surface area contributed by atoms with E-state index >= 15 is 0 Å². The molecule has 0 amide bonds. The number of hydrogen-bond donors (Lipinski definition) is 1. The number of carbonyl (C=O) groups excluding carboxylic acids is 1. The van der Waals surface area contributed by atoms with Crippen molar-refractivity contribution in [1.82, 2.24) is 5.32 Å². The zero-order chi connectivity index (χ0) is 9.52. The standard InChI is InChI=1S/C10H19NO2/c1-13-10(12)7-3-2-5-9-6-4-8-11-9/h9,11H,2-8H2,1H3. The highest BCUT2D eigenvalue weighted by atomic mass is 16.5. The molecule has 0 radical (unpaired) electrons. The van der Waals surface area contributed by atoms with E-state index in [2.05, 4.69) is 10.1 Å². The van der Waals surface area contributed by atoms with E-state index in [9.17, 15) is 4.79 Å². The van der Waals surface area contributed by atoms with Gasteiger partial charge in [0.05, 0.1) is 7.11 Å². The van der Waals surface area contributed by atoms with E-state index in [-0.39, 0.29) is 5.97 Å². The quantitative estimate of drug-likeness (QED) is 0.520. The molecule has 1 heterocycles. The second-order valence-electron chi connectivity index (χ2n) is 3.62. The van der Waals surface area contributed by atoms with Crippen LogP contribution in [-0.4, -0.2) is 25.7 Å². The molecule has 0 aliphatic carbocycles. The van der Waals surface area contributed by atoms with Crippen LogP contribution >= 0.6 is 0 Å². The molecule has 3 heteroatoms. The molecule has 1 saturated heterocycles. The Morgan fingerprint density at radius 3 is 3.00 bits per heavy atom. The SMILES string of the molecule is COC(=O)CCCCC1CCCN1. The number of methoxy groups -OCH3 is 1. The van der Waals surface area contributed by atoms with Crippen molar-refractivity contribution in [2.45, 2.75) is 44.6 Å². The zero-order valence-corrected chi connectivity index (χ0v) is 8.34. The predicted molar refractivity (Wildman–Crippen MR) is 51.5 cm³/mol. The highest BCUT2D eigenvalue weighted by Gasteiger charge is 2.13. The molecular formula is C10H19NO2. The number of esters is 1. The number of ether oxygens (including phenoxy) is 1. The van der Waals surface area contributed by atoms with Crippen molar-refractivity contribution in [2.75, 3.05) is 13.7 Å². The topological polar surface area (TPSA) is 38.3 Å². The molecule has 1 atom stereocenters. The van der Waals surface area contributed by atoms with Gasteiger partial charge in [-0.25, -0.2) is 0 Å². The van der Waals surface area contributed by atoms with E-state index in [1.54, 1.807) is 0 Å². The molecule has 3 nitrogen and oxygen atoms in total. The third-order valence-corrected chi connectivity index (χ3v) is 2.57. The lowest BCUT2D eigenvalue weighted by Crippen LogP contribution is -2.20. The third kappa shape index (κ3) is 4.27. The molecule has 0 bridgehead atoms. The van der Waals surface area contributed by atoms with E-state index in [1.165, 1.54) is 32.9 Å². The molecule has 1 fully saturated rings. The molecule has 0 aromatic heterocycles. The van der Waals surface area contributed by atoms with Crippen molar-refractivity contribution in [2.24, 2.45) is 0 Å². The van der Waals surface area contributed by atoms with Crippen molar-refractivity contribution in [3.8, 4) is 0 Å². The van der Waals surface area contributed by atoms with Crippen molar-refractivity contribution in [3.05, 3.63) is 0 Å². The monoisotopic (exact) mass is 185 g/mol. The van der Waals surface area contributed by atoms with Gasteiger partial charge < -0.3 is 10.1 Å². The molecule has 1 rings (SSSR count). The summed E-state index contributed by atoms with van der Waals surface area (Å²) in [5, 5.41) is 3.44. The van der Waals surface area contributed by atoms with Crippen LogP contribution in [0.3, 0.4) is 0 Å². The number of hydrogen-bond acceptors (Lipinski definition) is 3. The molecule has 76 valence electrons. The maximum atomic E-state index is 10.8. The molecule has 1 unspecified atom stereocenters. The van der Waals surface area contributed by atoms with Gasteiger partial charge in [0, 0.05) is 12.5 Å². The van der Waals surface area contributed by atoms with Crippen molar-refractivity contribution in [1.29, 1.82) is 0 Å². The Kier molecular flexibility index (Phi) is 4.83. The van der Waals surface area contributed by atoms with Gasteiger partial charge >= 0.3 is 5.97 Å². The maximum absolute atomic E-state index is 10.8. The first kappa shape index (κ1) is 10.5. The summed E-state index contributed by atoms with van der Waals surface area (Å²) in [4.78, 5) is 10.8. The maximum Gasteiger partial charge on any atom is 0.305 e. The van der Waals surface area contributed by atoms with Crippen LogP contribution in [0.5, 0.6) is 0 Å². The van der Waals surface area contributed by atoms with Crippen molar-refractivity contribution >= 4 is 5.97 Å². The van der Waals surface area contributed by atoms with Gasteiger partial charge in [-0.1, -0.05) is 6.42 Å². The summed E-state index contributed by atoms with van der Waals surface area (Å²) in [6.07, 6.45) is 6.48. The summed E-state index contributed by atoms with van der Waals surface area (Å²) in [6, 6.07) is 0.706. The smallest absolute Gasteiger partial charge is 0.305 e. The van der Waals surface area contributed by atoms with Crippen LogP contribution in [0.2, 0.25) is 0 Å². The minimum atomic E-state index is -0.0839. The zero-order valence-electron chi connectivity index (χ0n) is 8.34. The summed E-state index contributed by atoms with van der Waals surface area (Å²) >= 11 is 0. The first-order valence-electron chi connectivity index (χ1n) is 5.13. The van der Waals surface area contributed by atoms with Crippen LogP contribution in [0, 0.1) is 0 Å². The van der Waals surface area contributed by atoms with Crippen LogP contribution in [0.25, 0.3) is 0 Å². The fourth-order valence-corrected chi connectivity index (χ4v) is 1.77. The predicted octanol–water partition coefficient (Wildman–Crippen LogP) is 1.47. The Hall–Kier alpha value is -0.570. The van der Waals surface area contributed by atoms with Gasteiger partial charge in [-0.05, 0) is 32.2 Å². The normalized spacial score (nSPS) is 21.8. The average molecular weight is 185 g/mol. The average Bonchev–Trinajstić information content (AvgIpc) is 2.64. The fourth-order valence-electron chi connectivity index (χ4n) is 1.77. The largest absolute Gasteiger partial charge is 0.469 e. The number of carbonyl (C=O) groups is 1. The number of unbranched alkanes of at least 4 members (excludes halogenated alkanes) is 1. The second kappa shape index (κ2) is 5.97. The van der Waals surface area contributed by atoms with E-state index < -0.39 is 0 Å². The molecule has 1 N–H and O–H groups in total. The number of rotatable bonds is 5. The summed E-state index contributed by atoms with van der Waals surface area (Å²) in [5.74, 6) is -0.0839. The Balaban J connectivity index is 1.91. The molecule has 0 aromatic carbocycles. The lowest BCUT2D eigenvalue weighted by Gasteiger charge is -2.08. The third-order valence-electron chi connectivity index (χ3n) is 2.57. The van der Waals surface area contributed by atoms with Gasteiger partial charge in [-0.2, -0.15) is 0 Å². The van der Waals surface area contributed by atoms with Gasteiger partial charge in [0.2, 0.25) is 0 Å². The minimum Gasteiger partial charge on any atom is -0.469 e. The van der Waals surface area contributed by atoms with Gasteiger partial charge in [0.1, 0.15) is 0 Å². The summed E-state index contributed by atoms with van der Waals surface area (Å²) < 4.78 is 4.57. The molecule has 1 aliphatic rings. The lowest BCUT2D eigenvalue weighted by molar-refractivity contribution is -0.140. The van der Waals surface area contributed by atoms with E-state index in [4.69, 9.17) is 0 Å². The van der Waals surface area contributed by atoms with Crippen molar-refractivity contribution < 1.29 is 9.53 Å². The Morgan fingerprint density at radius 1 is 1.54 bits per heavy atom. The molecule has 0 spiro atoms. The highest BCUT2D eigenvalue weighted by molar-refractivity contribution is 5.68. The molecule has 0 aromatic rings. The Labute approximate surface area is 79.8 Å². The Bertz CT molecular complexity index is 153. The Morgan fingerprint density at radius 2 is 2.38 bits per heavy atom. The van der Waals surface area contributed by atoms with Crippen LogP contribution < -0.4 is 5.32 Å². The second-order valence-corrected chi connectivity index (χ2v) is 3.62. The minimum absolute atomic E-state index is 0.0839. The first-order valence-corrected chi connectivity index (χ1v) is 5.13. The molecular weight excluding hydrogens is 166 g/mol. The molecule has 13 heavy (non-hydrogen) atoms. The van der Waals surface area contributed by atoms with Crippen LogP contribution in [0.4, 0.5) is 0 Å².